The summed E-state index contributed by atoms with van der Waals surface area (Å²) < 4.78 is 0. The van der Waals surface area contributed by atoms with Crippen LogP contribution in [0, 0.1) is 0 Å². The molecule has 0 amide bonds. The van der Waals surface area contributed by atoms with E-state index in [1.807, 2.05) is 13.8 Å². The Hall–Kier alpha value is 0.310. The third-order valence-corrected chi connectivity index (χ3v) is 2.15. The molecule has 0 bridgehead atoms. The summed E-state index contributed by atoms with van der Waals surface area (Å²) in [4.78, 5) is 2.52. The van der Waals surface area contributed by atoms with Gasteiger partial charge in [0.25, 0.3) is 0 Å². The molecule has 0 N–H and O–H groups in total. The van der Waals surface area contributed by atoms with Crippen LogP contribution >= 0.6 is 12.6 Å². The van der Waals surface area contributed by atoms with Crippen LogP contribution in [0.2, 0.25) is 0 Å². The lowest BCUT2D eigenvalue weighted by atomic mass is 10.4. The Morgan fingerprint density at radius 2 is 1.73 bits per heavy atom. The minimum absolute atomic E-state index is 1.04. The van der Waals surface area contributed by atoms with Crippen LogP contribution in [-0.4, -0.2) is 30.3 Å². The van der Waals surface area contributed by atoms with Gasteiger partial charge < -0.3 is 4.90 Å². The monoisotopic (exact) mass is 175 g/mol. The predicted molar refractivity (Wildman–Crippen MR) is 55.5 cm³/mol. The highest BCUT2D eigenvalue weighted by molar-refractivity contribution is 7.80. The third kappa shape index (κ3) is 5.57. The molecule has 0 unspecified atom stereocenters. The molecular formula is C9H21NS. The first-order chi connectivity index (χ1) is 5.43. The summed E-state index contributed by atoms with van der Waals surface area (Å²) in [6.45, 7) is 7.92. The highest BCUT2D eigenvalue weighted by Crippen LogP contribution is 2.07. The lowest BCUT2D eigenvalue weighted by Gasteiger charge is -2.12. The molecule has 1 aliphatic rings. The van der Waals surface area contributed by atoms with E-state index in [0.717, 1.165) is 5.75 Å². The Bertz CT molecular complexity index is 70.0. The molecule has 2 heteroatoms. The molecule has 1 heterocycles. The third-order valence-electron chi connectivity index (χ3n) is 1.83. The molecule has 1 nitrogen and oxygen atoms in total. The second-order valence-electron chi connectivity index (χ2n) is 2.63. The van der Waals surface area contributed by atoms with Gasteiger partial charge in [-0.15, -0.1) is 0 Å². The molecule has 0 aromatic heterocycles. The zero-order valence-electron chi connectivity index (χ0n) is 7.84. The Kier molecular flexibility index (Phi) is 8.64. The molecule has 1 saturated heterocycles. The summed E-state index contributed by atoms with van der Waals surface area (Å²) in [5.74, 6) is 1.04. The molecule has 1 aliphatic heterocycles. The van der Waals surface area contributed by atoms with Gasteiger partial charge in [0.05, 0.1) is 0 Å². The summed E-state index contributed by atoms with van der Waals surface area (Å²) >= 11 is 4.17. The molecule has 0 atom stereocenters. The van der Waals surface area contributed by atoms with Crippen LogP contribution in [-0.2, 0) is 0 Å². The van der Waals surface area contributed by atoms with Crippen LogP contribution in [0.25, 0.3) is 0 Å². The van der Waals surface area contributed by atoms with Gasteiger partial charge in [0.15, 0.2) is 0 Å². The van der Waals surface area contributed by atoms with Crippen molar-refractivity contribution in [2.45, 2.75) is 33.1 Å². The van der Waals surface area contributed by atoms with Gasteiger partial charge in [0, 0.05) is 0 Å². The van der Waals surface area contributed by atoms with E-state index < -0.39 is 0 Å². The molecule has 0 aliphatic carbocycles. The fourth-order valence-electron chi connectivity index (χ4n) is 1.30. The lowest BCUT2D eigenvalue weighted by Crippen LogP contribution is -2.20. The van der Waals surface area contributed by atoms with Crippen LogP contribution in [0.5, 0.6) is 0 Å². The maximum absolute atomic E-state index is 4.17. The predicted octanol–water partition coefficient (Wildman–Crippen LogP) is 2.43. The summed E-state index contributed by atoms with van der Waals surface area (Å²) in [5, 5.41) is 0. The molecule has 68 valence electrons. The molecular weight excluding hydrogens is 154 g/mol. The average Bonchev–Trinajstić information content (AvgIpc) is 2.57. The molecule has 0 saturated carbocycles. The van der Waals surface area contributed by atoms with Crippen molar-refractivity contribution < 1.29 is 0 Å². The van der Waals surface area contributed by atoms with Crippen LogP contribution in [0.3, 0.4) is 0 Å². The first-order valence-electron chi connectivity index (χ1n) is 4.76. The van der Waals surface area contributed by atoms with Crippen molar-refractivity contribution in [3.05, 3.63) is 0 Å². The van der Waals surface area contributed by atoms with Crippen molar-refractivity contribution in [1.29, 1.82) is 0 Å². The number of thiol groups is 1. The molecule has 0 spiro atoms. The van der Waals surface area contributed by atoms with Crippen LogP contribution in [0.4, 0.5) is 0 Å². The van der Waals surface area contributed by atoms with E-state index >= 15 is 0 Å². The zero-order chi connectivity index (χ0) is 8.53. The van der Waals surface area contributed by atoms with E-state index in [2.05, 4.69) is 17.5 Å². The zero-order valence-corrected chi connectivity index (χ0v) is 8.74. The van der Waals surface area contributed by atoms with Gasteiger partial charge in [-0.05, 0) is 44.6 Å². The van der Waals surface area contributed by atoms with Crippen molar-refractivity contribution in [3.8, 4) is 0 Å². The molecule has 0 aromatic carbocycles. The van der Waals surface area contributed by atoms with Crippen molar-refractivity contribution in [2.24, 2.45) is 0 Å². The second-order valence-corrected chi connectivity index (χ2v) is 3.07. The highest BCUT2D eigenvalue weighted by Gasteiger charge is 2.09. The number of hydrogen-bond acceptors (Lipinski definition) is 2. The lowest BCUT2D eigenvalue weighted by molar-refractivity contribution is 0.341. The van der Waals surface area contributed by atoms with Gasteiger partial charge in [-0.1, -0.05) is 13.8 Å². The van der Waals surface area contributed by atoms with Crippen molar-refractivity contribution >= 4 is 12.6 Å². The number of rotatable bonds is 3. The Morgan fingerprint density at radius 1 is 1.18 bits per heavy atom. The molecule has 0 radical (unpaired) electrons. The van der Waals surface area contributed by atoms with Crippen LogP contribution in [0.1, 0.15) is 33.1 Å². The largest absolute Gasteiger partial charge is 0.303 e. The minimum Gasteiger partial charge on any atom is -0.303 e. The first kappa shape index (κ1) is 11.3. The van der Waals surface area contributed by atoms with Crippen molar-refractivity contribution in [2.75, 3.05) is 25.4 Å². The molecule has 11 heavy (non-hydrogen) atoms. The summed E-state index contributed by atoms with van der Waals surface area (Å²) in [7, 11) is 0. The van der Waals surface area contributed by atoms with E-state index in [0.29, 0.717) is 0 Å². The van der Waals surface area contributed by atoms with E-state index in [1.165, 1.54) is 38.9 Å². The maximum atomic E-state index is 4.17. The first-order valence-corrected chi connectivity index (χ1v) is 5.40. The van der Waals surface area contributed by atoms with Gasteiger partial charge in [0.1, 0.15) is 0 Å². The Balaban J connectivity index is 0.000000461. The topological polar surface area (TPSA) is 3.24 Å². The van der Waals surface area contributed by atoms with E-state index in [1.54, 1.807) is 0 Å². The fourth-order valence-corrected chi connectivity index (χ4v) is 1.44. The molecule has 1 rings (SSSR count). The van der Waals surface area contributed by atoms with E-state index in [4.69, 9.17) is 0 Å². The summed E-state index contributed by atoms with van der Waals surface area (Å²) in [6.07, 6.45) is 4.07. The standard InChI is InChI=1S/C7H15NS.C2H6/c9-7-3-6-8-4-1-2-5-8;1-2/h9H,1-7H2;1-2H3. The van der Waals surface area contributed by atoms with Gasteiger partial charge in [0.2, 0.25) is 0 Å². The van der Waals surface area contributed by atoms with E-state index in [-0.39, 0.29) is 0 Å². The molecule has 0 aromatic rings. The second kappa shape index (κ2) is 8.41. The van der Waals surface area contributed by atoms with Gasteiger partial charge >= 0.3 is 0 Å². The SMILES string of the molecule is CC.SCCCN1CCCC1. The highest BCUT2D eigenvalue weighted by atomic mass is 32.1. The molecule has 1 fully saturated rings. The number of likely N-dealkylation sites (tertiary alicyclic amines) is 1. The summed E-state index contributed by atoms with van der Waals surface area (Å²) in [5.41, 5.74) is 0. The van der Waals surface area contributed by atoms with E-state index in [9.17, 15) is 0 Å². The van der Waals surface area contributed by atoms with Crippen molar-refractivity contribution in [1.82, 2.24) is 4.90 Å². The normalized spacial score (nSPS) is 17.7. The van der Waals surface area contributed by atoms with Gasteiger partial charge in [-0.25, -0.2) is 0 Å². The minimum atomic E-state index is 1.04. The smallest absolute Gasteiger partial charge is 0.00110 e. The number of nitrogens with zero attached hydrogens (tertiary/aromatic N) is 1. The quantitative estimate of drug-likeness (QED) is 0.645. The average molecular weight is 175 g/mol. The van der Waals surface area contributed by atoms with Gasteiger partial charge in [-0.3, -0.25) is 0 Å². The van der Waals surface area contributed by atoms with Crippen LogP contribution < -0.4 is 0 Å². The Morgan fingerprint density at radius 3 is 2.18 bits per heavy atom. The van der Waals surface area contributed by atoms with Crippen molar-refractivity contribution in [3.63, 3.8) is 0 Å². The Labute approximate surface area is 76.6 Å². The van der Waals surface area contributed by atoms with Gasteiger partial charge in [-0.2, -0.15) is 12.6 Å². The maximum Gasteiger partial charge on any atom is -0.00110 e. The number of hydrogen-bond donors (Lipinski definition) is 1. The van der Waals surface area contributed by atoms with Crippen LogP contribution in [0.15, 0.2) is 0 Å². The fraction of sp³-hybridized carbons (Fsp3) is 1.00. The summed E-state index contributed by atoms with van der Waals surface area (Å²) in [6, 6.07) is 0.